The zero-order chi connectivity index (χ0) is 17.2. The van der Waals surface area contributed by atoms with Gasteiger partial charge in [0.15, 0.2) is 6.10 Å². The van der Waals surface area contributed by atoms with Gasteiger partial charge >= 0.3 is 5.97 Å². The number of likely N-dealkylation sites (N-methyl/N-ethyl adjacent to an activating group) is 1. The molecule has 0 N–H and O–H groups in total. The summed E-state index contributed by atoms with van der Waals surface area (Å²) >= 11 is 0. The average Bonchev–Trinajstić information content (AvgIpc) is 2.34. The van der Waals surface area contributed by atoms with Crippen molar-refractivity contribution >= 4 is 17.7 Å². The molecular weight excluding hydrogens is 286 g/mol. The van der Waals surface area contributed by atoms with Gasteiger partial charge in [0.25, 0.3) is 0 Å². The lowest BCUT2D eigenvalue weighted by Gasteiger charge is -2.29. The Morgan fingerprint density at radius 2 is 1.64 bits per heavy atom. The van der Waals surface area contributed by atoms with Gasteiger partial charge in [0, 0.05) is 31.7 Å². The number of Topliss-reactive ketones (excluding diaryl/α,β-unsaturated/α-hetero) is 1. The summed E-state index contributed by atoms with van der Waals surface area (Å²) in [5.74, 6) is -1.37. The van der Waals surface area contributed by atoms with Gasteiger partial charge < -0.3 is 19.1 Å². The van der Waals surface area contributed by atoms with Crippen molar-refractivity contribution in [1.82, 2.24) is 0 Å². The Kier molecular flexibility index (Phi) is 9.65. The number of hydrogen-bond acceptors (Lipinski definition) is 5. The molecule has 1 unspecified atom stereocenters. The SMILES string of the molecule is CCC(=O)CCCCCC(=O)OC(CC(=O)[O-])C[N+](C)(C)C. The van der Waals surface area contributed by atoms with Crippen LogP contribution in [0, 0.1) is 0 Å². The summed E-state index contributed by atoms with van der Waals surface area (Å²) in [6, 6.07) is 0. The molecule has 0 aliphatic carbocycles. The van der Waals surface area contributed by atoms with Gasteiger partial charge in [0.1, 0.15) is 12.3 Å². The summed E-state index contributed by atoms with van der Waals surface area (Å²) in [6.07, 6.45) is 2.63. The van der Waals surface area contributed by atoms with E-state index in [1.54, 1.807) is 0 Å². The number of carbonyl (C=O) groups excluding carboxylic acids is 3. The van der Waals surface area contributed by atoms with Crippen LogP contribution in [-0.4, -0.2) is 56.0 Å². The van der Waals surface area contributed by atoms with Gasteiger partial charge in [-0.1, -0.05) is 13.3 Å². The van der Waals surface area contributed by atoms with Gasteiger partial charge in [-0.2, -0.15) is 0 Å². The lowest BCUT2D eigenvalue weighted by Crippen LogP contribution is -2.45. The molecule has 22 heavy (non-hydrogen) atoms. The third-order valence-corrected chi connectivity index (χ3v) is 3.17. The smallest absolute Gasteiger partial charge is 0.306 e. The molecule has 0 amide bonds. The van der Waals surface area contributed by atoms with Crippen molar-refractivity contribution in [3.63, 3.8) is 0 Å². The molecule has 0 aromatic rings. The third-order valence-electron chi connectivity index (χ3n) is 3.17. The number of carbonyl (C=O) groups is 3. The quantitative estimate of drug-likeness (QED) is 0.300. The lowest BCUT2D eigenvalue weighted by atomic mass is 10.1. The maximum atomic E-state index is 11.8. The van der Waals surface area contributed by atoms with Crippen LogP contribution in [0.5, 0.6) is 0 Å². The summed E-state index contributed by atoms with van der Waals surface area (Å²) in [5.41, 5.74) is 0. The molecule has 0 saturated carbocycles. The fourth-order valence-electron chi connectivity index (χ4n) is 2.13. The zero-order valence-corrected chi connectivity index (χ0v) is 14.2. The zero-order valence-electron chi connectivity index (χ0n) is 14.2. The highest BCUT2D eigenvalue weighted by Gasteiger charge is 2.22. The molecule has 0 aromatic heterocycles. The summed E-state index contributed by atoms with van der Waals surface area (Å²) in [4.78, 5) is 33.6. The van der Waals surface area contributed by atoms with E-state index in [-0.39, 0.29) is 24.6 Å². The van der Waals surface area contributed by atoms with Crippen LogP contribution in [0.25, 0.3) is 0 Å². The molecule has 0 spiro atoms. The standard InChI is InChI=1S/C16H29NO5/c1-5-13(18)9-7-6-8-10-16(21)22-14(11-15(19)20)12-17(2,3)4/h14H,5-12H2,1-4H3. The predicted octanol–water partition coefficient (Wildman–Crippen LogP) is 0.674. The van der Waals surface area contributed by atoms with E-state index < -0.39 is 12.1 Å². The second kappa shape index (κ2) is 10.3. The van der Waals surface area contributed by atoms with Crippen molar-refractivity contribution in [2.75, 3.05) is 27.7 Å². The third kappa shape index (κ3) is 12.3. The molecule has 6 nitrogen and oxygen atoms in total. The molecule has 6 heteroatoms. The molecule has 1 atom stereocenters. The van der Waals surface area contributed by atoms with E-state index in [0.717, 1.165) is 12.8 Å². The molecule has 0 fully saturated rings. The second-order valence-corrected chi connectivity index (χ2v) is 6.61. The number of unbranched alkanes of at least 4 members (excludes halogenated alkanes) is 2. The van der Waals surface area contributed by atoms with E-state index >= 15 is 0 Å². The highest BCUT2D eigenvalue weighted by Crippen LogP contribution is 2.09. The Balaban J connectivity index is 4.07. The molecule has 0 radical (unpaired) electrons. The topological polar surface area (TPSA) is 83.5 Å². The number of carboxylic acid groups (broad SMARTS) is 1. The normalized spacial score (nSPS) is 12.7. The van der Waals surface area contributed by atoms with Crippen molar-refractivity contribution in [2.45, 2.75) is 58.0 Å². The van der Waals surface area contributed by atoms with E-state index in [9.17, 15) is 19.5 Å². The maximum Gasteiger partial charge on any atom is 0.306 e. The van der Waals surface area contributed by atoms with Gasteiger partial charge in [-0.25, -0.2) is 0 Å². The molecular formula is C16H29NO5. The van der Waals surface area contributed by atoms with Crippen LogP contribution < -0.4 is 5.11 Å². The Labute approximate surface area is 133 Å². The number of quaternary nitrogens is 1. The number of esters is 1. The lowest BCUT2D eigenvalue weighted by molar-refractivity contribution is -0.873. The first-order valence-corrected chi connectivity index (χ1v) is 7.85. The average molecular weight is 315 g/mol. The largest absolute Gasteiger partial charge is 0.550 e. The van der Waals surface area contributed by atoms with E-state index in [1.165, 1.54) is 0 Å². The van der Waals surface area contributed by atoms with Crippen LogP contribution in [0.1, 0.15) is 51.9 Å². The highest BCUT2D eigenvalue weighted by atomic mass is 16.5. The maximum absolute atomic E-state index is 11.8. The summed E-state index contributed by atoms with van der Waals surface area (Å²) in [5, 5.41) is 10.7. The molecule has 0 aromatic carbocycles. The molecule has 0 saturated heterocycles. The fraction of sp³-hybridized carbons (Fsp3) is 0.812. The fourth-order valence-corrected chi connectivity index (χ4v) is 2.13. The minimum absolute atomic E-state index is 0.236. The molecule has 128 valence electrons. The van der Waals surface area contributed by atoms with E-state index in [0.29, 0.717) is 30.3 Å². The second-order valence-electron chi connectivity index (χ2n) is 6.61. The molecule has 0 aliphatic heterocycles. The van der Waals surface area contributed by atoms with Crippen molar-refractivity contribution in [3.8, 4) is 0 Å². The van der Waals surface area contributed by atoms with Crippen LogP contribution in [0.2, 0.25) is 0 Å². The van der Waals surface area contributed by atoms with Crippen LogP contribution in [0.15, 0.2) is 0 Å². The predicted molar refractivity (Wildman–Crippen MR) is 80.8 cm³/mol. The Morgan fingerprint density at radius 3 is 2.14 bits per heavy atom. The van der Waals surface area contributed by atoms with Gasteiger partial charge in [0.2, 0.25) is 0 Å². The number of aliphatic carboxylic acids is 1. The Bertz CT molecular complexity index is 373. The number of carboxylic acids is 1. The summed E-state index contributed by atoms with van der Waals surface area (Å²) in [6.45, 7) is 2.26. The molecule has 0 bridgehead atoms. The van der Waals surface area contributed by atoms with Crippen LogP contribution >= 0.6 is 0 Å². The molecule has 0 aliphatic rings. The van der Waals surface area contributed by atoms with Crippen molar-refractivity contribution in [2.24, 2.45) is 0 Å². The van der Waals surface area contributed by atoms with E-state index in [2.05, 4.69) is 0 Å². The number of nitrogens with zero attached hydrogens (tertiary/aromatic N) is 1. The van der Waals surface area contributed by atoms with Gasteiger partial charge in [-0.15, -0.1) is 0 Å². The first kappa shape index (κ1) is 20.6. The number of ether oxygens (including phenoxy) is 1. The van der Waals surface area contributed by atoms with Gasteiger partial charge in [-0.3, -0.25) is 9.59 Å². The van der Waals surface area contributed by atoms with Gasteiger partial charge in [0.05, 0.1) is 21.1 Å². The summed E-state index contributed by atoms with van der Waals surface area (Å²) in [7, 11) is 5.71. The van der Waals surface area contributed by atoms with Crippen LogP contribution in [0.3, 0.4) is 0 Å². The number of rotatable bonds is 12. The van der Waals surface area contributed by atoms with Crippen LogP contribution in [-0.2, 0) is 19.1 Å². The monoisotopic (exact) mass is 315 g/mol. The summed E-state index contributed by atoms with van der Waals surface area (Å²) < 4.78 is 5.75. The van der Waals surface area contributed by atoms with E-state index in [4.69, 9.17) is 4.74 Å². The number of hydrogen-bond donors (Lipinski definition) is 0. The van der Waals surface area contributed by atoms with Gasteiger partial charge in [-0.05, 0) is 12.8 Å². The minimum Gasteiger partial charge on any atom is -0.550 e. The number of ketones is 1. The first-order chi connectivity index (χ1) is 10.1. The Morgan fingerprint density at radius 1 is 1.05 bits per heavy atom. The minimum atomic E-state index is -1.22. The van der Waals surface area contributed by atoms with Crippen LogP contribution in [0.4, 0.5) is 0 Å². The van der Waals surface area contributed by atoms with Crippen molar-refractivity contribution < 1.29 is 28.7 Å². The highest BCUT2D eigenvalue weighted by molar-refractivity contribution is 5.77. The van der Waals surface area contributed by atoms with Crippen molar-refractivity contribution in [3.05, 3.63) is 0 Å². The molecule has 0 rings (SSSR count). The molecule has 0 heterocycles. The van der Waals surface area contributed by atoms with E-state index in [1.807, 2.05) is 28.1 Å². The Hall–Kier alpha value is -1.43. The first-order valence-electron chi connectivity index (χ1n) is 7.85. The van der Waals surface area contributed by atoms with Crippen molar-refractivity contribution in [1.29, 1.82) is 0 Å².